The lowest BCUT2D eigenvalue weighted by atomic mass is 9.73. The summed E-state index contributed by atoms with van der Waals surface area (Å²) in [6.07, 6.45) is 8.29. The lowest BCUT2D eigenvalue weighted by molar-refractivity contribution is 0.279. The Morgan fingerprint density at radius 3 is 2.33 bits per heavy atom. The van der Waals surface area contributed by atoms with Gasteiger partial charge in [0.05, 0.1) is 0 Å². The molecule has 1 radical (unpaired) electrons. The van der Waals surface area contributed by atoms with Crippen LogP contribution in [0.25, 0.3) is 0 Å². The minimum Gasteiger partial charge on any atom is -0.254 e. The summed E-state index contributed by atoms with van der Waals surface area (Å²) >= 11 is 0. The molecule has 1 fully saturated rings. The number of rotatable bonds is 0. The zero-order chi connectivity index (χ0) is 6.27. The van der Waals surface area contributed by atoms with Crippen molar-refractivity contribution in [1.82, 2.24) is 5.73 Å². The molecule has 1 saturated carbocycles. The maximum absolute atomic E-state index is 7.61. The first-order valence-electron chi connectivity index (χ1n) is 3.76. The van der Waals surface area contributed by atoms with Gasteiger partial charge < -0.3 is 0 Å². The van der Waals surface area contributed by atoms with Gasteiger partial charge in [-0.2, -0.15) is 0 Å². The molecule has 49 valence electrons. The molecule has 0 aliphatic heterocycles. The van der Waals surface area contributed by atoms with Gasteiger partial charge in [-0.25, -0.2) is 0 Å². The maximum atomic E-state index is 7.61. The van der Waals surface area contributed by atoms with Crippen LogP contribution in [0.3, 0.4) is 0 Å². The van der Waals surface area contributed by atoms with Crippen molar-refractivity contribution < 1.29 is 0 Å². The summed E-state index contributed by atoms with van der Waals surface area (Å²) in [4.78, 5) is 0. The topological polar surface area (TPSA) is 23.8 Å². The molecular weight excluding hydrogens is 110 g/mol. The summed E-state index contributed by atoms with van der Waals surface area (Å²) < 4.78 is 0. The molecule has 0 spiro atoms. The summed E-state index contributed by atoms with van der Waals surface area (Å²) in [5.74, 6) is 1.37. The summed E-state index contributed by atoms with van der Waals surface area (Å²) in [5, 5.41) is 0. The van der Waals surface area contributed by atoms with E-state index in [9.17, 15) is 0 Å². The van der Waals surface area contributed by atoms with Crippen LogP contribution in [0.1, 0.15) is 19.3 Å². The van der Waals surface area contributed by atoms with Crippen LogP contribution < -0.4 is 5.73 Å². The fourth-order valence-corrected chi connectivity index (χ4v) is 1.93. The van der Waals surface area contributed by atoms with Crippen molar-refractivity contribution in [3.8, 4) is 0 Å². The molecule has 2 bridgehead atoms. The molecular formula is C8H12N. The first kappa shape index (κ1) is 5.48. The standard InChI is InChI=1S/C8H12N/c9-8-5-6-1-3-7(8)4-2-6/h1,3,6-9H,2,4-5H2. The number of nitrogens with one attached hydrogen (secondary N) is 1. The number of allylic oxidation sites excluding steroid dienone is 1. The van der Waals surface area contributed by atoms with E-state index in [-0.39, 0.29) is 6.04 Å². The fraction of sp³-hybridized carbons (Fsp3) is 0.750. The highest BCUT2D eigenvalue weighted by atomic mass is 14.7. The molecule has 3 atom stereocenters. The second-order valence-electron chi connectivity index (χ2n) is 3.23. The molecule has 3 aliphatic rings. The Morgan fingerprint density at radius 2 is 2.11 bits per heavy atom. The molecule has 0 aromatic rings. The summed E-state index contributed by atoms with van der Waals surface area (Å²) in [6, 6.07) is 0.230. The number of hydrogen-bond donors (Lipinski definition) is 0. The Morgan fingerprint density at radius 1 is 1.22 bits per heavy atom. The van der Waals surface area contributed by atoms with Crippen LogP contribution in [0, 0.1) is 11.8 Å². The molecule has 0 heterocycles. The van der Waals surface area contributed by atoms with E-state index in [0.29, 0.717) is 5.92 Å². The van der Waals surface area contributed by atoms with E-state index in [1.807, 2.05) is 0 Å². The van der Waals surface area contributed by atoms with E-state index in [1.54, 1.807) is 0 Å². The second kappa shape index (κ2) is 1.84. The first-order chi connectivity index (χ1) is 4.36. The molecule has 0 aromatic heterocycles. The Hall–Kier alpha value is -0.300. The highest BCUT2D eigenvalue weighted by Crippen LogP contribution is 2.35. The predicted octanol–water partition coefficient (Wildman–Crippen LogP) is 1.62. The van der Waals surface area contributed by atoms with E-state index >= 15 is 0 Å². The van der Waals surface area contributed by atoms with Crippen molar-refractivity contribution >= 4 is 0 Å². The Balaban J connectivity index is 2.20. The van der Waals surface area contributed by atoms with Crippen LogP contribution in [0.2, 0.25) is 0 Å². The maximum Gasteiger partial charge on any atom is 0.0281 e. The average molecular weight is 122 g/mol. The lowest BCUT2D eigenvalue weighted by Crippen LogP contribution is -2.32. The van der Waals surface area contributed by atoms with Crippen molar-refractivity contribution in [2.24, 2.45) is 11.8 Å². The van der Waals surface area contributed by atoms with Crippen LogP contribution in [-0.2, 0) is 0 Å². The van der Waals surface area contributed by atoms with Crippen LogP contribution in [0.4, 0.5) is 0 Å². The SMILES string of the molecule is [NH]C1CC2C=CC1CC2. The van der Waals surface area contributed by atoms with Gasteiger partial charge in [-0.15, -0.1) is 0 Å². The Labute approximate surface area is 55.9 Å². The number of hydrogen-bond acceptors (Lipinski definition) is 0. The molecule has 1 nitrogen and oxygen atoms in total. The van der Waals surface area contributed by atoms with Gasteiger partial charge in [-0.05, 0) is 31.1 Å². The third-order valence-corrected chi connectivity index (χ3v) is 2.57. The predicted molar refractivity (Wildman–Crippen MR) is 36.9 cm³/mol. The Kier molecular flexibility index (Phi) is 1.12. The van der Waals surface area contributed by atoms with Crippen molar-refractivity contribution in [3.63, 3.8) is 0 Å². The third kappa shape index (κ3) is 0.799. The molecule has 0 amide bonds. The zero-order valence-corrected chi connectivity index (χ0v) is 5.51. The molecule has 0 saturated heterocycles. The number of fused-ring (bicyclic) bond motifs is 2. The van der Waals surface area contributed by atoms with Crippen molar-refractivity contribution in [3.05, 3.63) is 12.2 Å². The van der Waals surface area contributed by atoms with Gasteiger partial charge in [-0.1, -0.05) is 12.2 Å². The van der Waals surface area contributed by atoms with Gasteiger partial charge in [0, 0.05) is 6.04 Å². The van der Waals surface area contributed by atoms with Crippen LogP contribution >= 0.6 is 0 Å². The van der Waals surface area contributed by atoms with E-state index < -0.39 is 0 Å². The van der Waals surface area contributed by atoms with Crippen LogP contribution in [0.15, 0.2) is 12.2 Å². The van der Waals surface area contributed by atoms with Gasteiger partial charge in [-0.3, -0.25) is 5.73 Å². The van der Waals surface area contributed by atoms with Gasteiger partial charge in [0.2, 0.25) is 0 Å². The smallest absolute Gasteiger partial charge is 0.0281 e. The van der Waals surface area contributed by atoms with Crippen molar-refractivity contribution in [2.75, 3.05) is 0 Å². The zero-order valence-electron chi connectivity index (χ0n) is 5.51. The monoisotopic (exact) mass is 122 g/mol. The molecule has 1 N–H and O–H groups in total. The third-order valence-electron chi connectivity index (χ3n) is 2.57. The summed E-state index contributed by atoms with van der Waals surface area (Å²) in [5.41, 5.74) is 7.61. The van der Waals surface area contributed by atoms with Gasteiger partial charge in [0.15, 0.2) is 0 Å². The fourth-order valence-electron chi connectivity index (χ4n) is 1.93. The van der Waals surface area contributed by atoms with E-state index in [0.717, 1.165) is 12.3 Å². The average Bonchev–Trinajstić information content (AvgIpc) is 1.90. The Bertz CT molecular complexity index is 140. The molecule has 9 heavy (non-hydrogen) atoms. The lowest BCUT2D eigenvalue weighted by Gasteiger charge is -2.34. The summed E-state index contributed by atoms with van der Waals surface area (Å²) in [7, 11) is 0. The highest BCUT2D eigenvalue weighted by Gasteiger charge is 2.29. The van der Waals surface area contributed by atoms with Crippen LogP contribution in [0.5, 0.6) is 0 Å². The van der Waals surface area contributed by atoms with E-state index in [4.69, 9.17) is 5.73 Å². The molecule has 3 rings (SSSR count). The largest absolute Gasteiger partial charge is 0.254 e. The summed E-state index contributed by atoms with van der Waals surface area (Å²) in [6.45, 7) is 0. The van der Waals surface area contributed by atoms with Crippen LogP contribution in [-0.4, -0.2) is 6.04 Å². The van der Waals surface area contributed by atoms with E-state index in [2.05, 4.69) is 12.2 Å². The van der Waals surface area contributed by atoms with Crippen molar-refractivity contribution in [2.45, 2.75) is 25.3 Å². The quantitative estimate of drug-likeness (QED) is 0.436. The van der Waals surface area contributed by atoms with Gasteiger partial charge in [0.1, 0.15) is 0 Å². The minimum atomic E-state index is 0.230. The molecule has 3 aliphatic carbocycles. The highest BCUT2D eigenvalue weighted by molar-refractivity contribution is 5.07. The molecule has 1 heteroatoms. The minimum absolute atomic E-state index is 0.230. The normalized spacial score (nSPS) is 47.9. The second-order valence-corrected chi connectivity index (χ2v) is 3.23. The molecule has 3 unspecified atom stereocenters. The van der Waals surface area contributed by atoms with Gasteiger partial charge >= 0.3 is 0 Å². The first-order valence-corrected chi connectivity index (χ1v) is 3.76. The van der Waals surface area contributed by atoms with Crippen molar-refractivity contribution in [1.29, 1.82) is 0 Å². The van der Waals surface area contributed by atoms with E-state index in [1.165, 1.54) is 12.8 Å². The molecule has 0 aromatic carbocycles. The van der Waals surface area contributed by atoms with Gasteiger partial charge in [0.25, 0.3) is 0 Å².